The van der Waals surface area contributed by atoms with Gasteiger partial charge in [-0.15, -0.1) is 11.3 Å². The Balaban J connectivity index is 1.83. The molecule has 1 fully saturated rings. The van der Waals surface area contributed by atoms with Gasteiger partial charge >= 0.3 is 6.03 Å². The highest BCUT2D eigenvalue weighted by atomic mass is 35.5. The lowest BCUT2D eigenvalue weighted by atomic mass is 9.96. The van der Waals surface area contributed by atoms with Gasteiger partial charge in [0.1, 0.15) is 11.9 Å². The van der Waals surface area contributed by atoms with E-state index in [0.717, 1.165) is 20.8 Å². The molecule has 1 unspecified atom stereocenters. The molecule has 0 saturated carbocycles. The van der Waals surface area contributed by atoms with Crippen LogP contribution in [0.5, 0.6) is 0 Å². The third-order valence-corrected chi connectivity index (χ3v) is 5.93. The van der Waals surface area contributed by atoms with Gasteiger partial charge in [-0.2, -0.15) is 0 Å². The van der Waals surface area contributed by atoms with E-state index in [1.165, 1.54) is 17.0 Å². The summed E-state index contributed by atoms with van der Waals surface area (Å²) in [4.78, 5) is 30.2. The Morgan fingerprint density at radius 2 is 2.07 bits per heavy atom. The Morgan fingerprint density at radius 1 is 1.36 bits per heavy atom. The van der Waals surface area contributed by atoms with Crippen molar-refractivity contribution in [2.45, 2.75) is 19.0 Å². The number of carbonyl (C=O) groups excluding carboxylic acids is 2. The van der Waals surface area contributed by atoms with Gasteiger partial charge in [0.05, 0.1) is 32.8 Å². The number of benzene rings is 2. The van der Waals surface area contributed by atoms with Gasteiger partial charge in [-0.25, -0.2) is 14.2 Å². The first kappa shape index (κ1) is 18.6. The molecule has 9 heteroatoms. The monoisotopic (exact) mass is 418 g/mol. The minimum absolute atomic E-state index is 0.0425. The van der Waals surface area contributed by atoms with Crippen molar-refractivity contribution in [3.8, 4) is 0 Å². The SMILES string of the molecule is Cc1nc2cc([C@H](c3ccc(F)c(Cl)c3)N3CC(C(N)=O)NC3=O)ccc2s1. The van der Waals surface area contributed by atoms with E-state index in [1.807, 2.05) is 25.1 Å². The minimum Gasteiger partial charge on any atom is -0.368 e. The van der Waals surface area contributed by atoms with Crippen LogP contribution in [0, 0.1) is 12.7 Å². The zero-order chi connectivity index (χ0) is 20.0. The van der Waals surface area contributed by atoms with E-state index in [-0.39, 0.29) is 11.6 Å². The zero-order valence-corrected chi connectivity index (χ0v) is 16.4. The Hall–Kier alpha value is -2.71. The lowest BCUT2D eigenvalue weighted by molar-refractivity contribution is -0.119. The van der Waals surface area contributed by atoms with Crippen LogP contribution in [0.1, 0.15) is 22.2 Å². The van der Waals surface area contributed by atoms with Crippen LogP contribution in [-0.2, 0) is 4.79 Å². The summed E-state index contributed by atoms with van der Waals surface area (Å²) in [6.07, 6.45) is 0. The smallest absolute Gasteiger partial charge is 0.318 e. The Kier molecular flexibility index (Phi) is 4.68. The van der Waals surface area contributed by atoms with Crippen molar-refractivity contribution in [2.75, 3.05) is 6.54 Å². The van der Waals surface area contributed by atoms with Crippen LogP contribution in [0.25, 0.3) is 10.2 Å². The number of primary amides is 1. The van der Waals surface area contributed by atoms with Crippen molar-refractivity contribution >= 4 is 45.1 Å². The van der Waals surface area contributed by atoms with Crippen LogP contribution >= 0.6 is 22.9 Å². The van der Waals surface area contributed by atoms with Crippen molar-refractivity contribution in [3.63, 3.8) is 0 Å². The second-order valence-corrected chi connectivity index (χ2v) is 8.23. The quantitative estimate of drug-likeness (QED) is 0.680. The van der Waals surface area contributed by atoms with Crippen LogP contribution < -0.4 is 11.1 Å². The lowest BCUT2D eigenvalue weighted by Gasteiger charge is -2.28. The number of rotatable bonds is 4. The summed E-state index contributed by atoms with van der Waals surface area (Å²) >= 11 is 7.56. The molecule has 1 aromatic heterocycles. The number of fused-ring (bicyclic) bond motifs is 1. The van der Waals surface area contributed by atoms with Gasteiger partial charge in [-0.05, 0) is 42.3 Å². The molecule has 0 bridgehead atoms. The Labute approximate surface area is 169 Å². The summed E-state index contributed by atoms with van der Waals surface area (Å²) in [7, 11) is 0. The van der Waals surface area contributed by atoms with E-state index in [4.69, 9.17) is 17.3 Å². The molecule has 144 valence electrons. The minimum atomic E-state index is -0.795. The number of urea groups is 1. The number of thiazole rings is 1. The van der Waals surface area contributed by atoms with Crippen molar-refractivity contribution in [2.24, 2.45) is 5.73 Å². The second-order valence-electron chi connectivity index (χ2n) is 6.59. The summed E-state index contributed by atoms with van der Waals surface area (Å²) in [5.41, 5.74) is 7.57. The van der Waals surface area contributed by atoms with Crippen LogP contribution in [0.15, 0.2) is 36.4 Å². The van der Waals surface area contributed by atoms with Crippen molar-refractivity contribution in [1.82, 2.24) is 15.2 Å². The van der Waals surface area contributed by atoms with Crippen molar-refractivity contribution in [3.05, 3.63) is 63.4 Å². The molecule has 3 N–H and O–H groups in total. The van der Waals surface area contributed by atoms with Crippen molar-refractivity contribution in [1.29, 1.82) is 0 Å². The second kappa shape index (κ2) is 7.03. The molecule has 4 rings (SSSR count). The van der Waals surface area contributed by atoms with E-state index < -0.39 is 29.8 Å². The Bertz CT molecular complexity index is 1100. The third kappa shape index (κ3) is 3.29. The highest BCUT2D eigenvalue weighted by molar-refractivity contribution is 7.18. The number of nitrogens with one attached hydrogen (secondary N) is 1. The molecule has 1 saturated heterocycles. The summed E-state index contributed by atoms with van der Waals surface area (Å²) in [5, 5.41) is 3.47. The van der Waals surface area contributed by atoms with Gasteiger partial charge in [0.2, 0.25) is 5.91 Å². The molecule has 1 aliphatic heterocycles. The number of hydrogen-bond donors (Lipinski definition) is 2. The average Bonchev–Trinajstić information content (AvgIpc) is 3.20. The molecular weight excluding hydrogens is 403 g/mol. The molecule has 3 aromatic rings. The van der Waals surface area contributed by atoms with Gasteiger partial charge in [0, 0.05) is 0 Å². The number of nitrogens with zero attached hydrogens (tertiary/aromatic N) is 2. The van der Waals surface area contributed by atoms with Crippen LogP contribution in [0.3, 0.4) is 0 Å². The first-order valence-electron chi connectivity index (χ1n) is 8.52. The number of halogens is 2. The highest BCUT2D eigenvalue weighted by Crippen LogP contribution is 2.35. The van der Waals surface area contributed by atoms with Crippen molar-refractivity contribution < 1.29 is 14.0 Å². The van der Waals surface area contributed by atoms with Gasteiger partial charge < -0.3 is 16.0 Å². The first-order valence-corrected chi connectivity index (χ1v) is 9.71. The highest BCUT2D eigenvalue weighted by Gasteiger charge is 2.38. The van der Waals surface area contributed by atoms with Gasteiger partial charge in [-0.3, -0.25) is 4.79 Å². The predicted molar refractivity (Wildman–Crippen MR) is 106 cm³/mol. The van der Waals surface area contributed by atoms with Gasteiger partial charge in [0.25, 0.3) is 0 Å². The van der Waals surface area contributed by atoms with Gasteiger partial charge in [-0.1, -0.05) is 23.7 Å². The topological polar surface area (TPSA) is 88.3 Å². The number of nitrogens with two attached hydrogens (primary N) is 1. The number of amides is 3. The standard InChI is InChI=1S/C19H16ClFN4O2S/c1-9-23-14-7-11(3-5-16(14)28-9)17(10-2-4-13(21)12(20)6-10)25-8-15(18(22)26)24-19(25)27/h2-7,15,17H,8H2,1H3,(H2,22,26)(H,24,27)/t15?,17-/m0/s1. The molecule has 0 radical (unpaired) electrons. The van der Waals surface area contributed by atoms with Crippen LogP contribution in [0.4, 0.5) is 9.18 Å². The first-order chi connectivity index (χ1) is 13.3. The normalized spacial score (nSPS) is 17.8. The molecule has 2 aromatic carbocycles. The maximum Gasteiger partial charge on any atom is 0.318 e. The molecular formula is C19H16ClFN4O2S. The average molecular weight is 419 g/mol. The lowest BCUT2D eigenvalue weighted by Crippen LogP contribution is -2.39. The molecule has 6 nitrogen and oxygen atoms in total. The number of aryl methyl sites for hydroxylation is 1. The molecule has 3 amide bonds. The number of carbonyl (C=O) groups is 2. The molecule has 2 heterocycles. The molecule has 28 heavy (non-hydrogen) atoms. The van der Waals surface area contributed by atoms with E-state index in [9.17, 15) is 14.0 Å². The number of hydrogen-bond acceptors (Lipinski definition) is 4. The largest absolute Gasteiger partial charge is 0.368 e. The summed E-state index contributed by atoms with van der Waals surface area (Å²) < 4.78 is 14.7. The van der Waals surface area contributed by atoms with E-state index in [2.05, 4.69) is 10.3 Å². The maximum atomic E-state index is 13.7. The fourth-order valence-corrected chi connectivity index (χ4v) is 4.40. The molecule has 0 spiro atoms. The van der Waals surface area contributed by atoms with E-state index in [1.54, 1.807) is 17.4 Å². The fraction of sp³-hybridized carbons (Fsp3) is 0.211. The summed E-state index contributed by atoms with van der Waals surface area (Å²) in [6.45, 7) is 2.02. The third-order valence-electron chi connectivity index (χ3n) is 4.69. The van der Waals surface area contributed by atoms with Crippen LogP contribution in [0.2, 0.25) is 5.02 Å². The molecule has 1 aliphatic rings. The number of aromatic nitrogens is 1. The molecule has 2 atom stereocenters. The van der Waals surface area contributed by atoms with Crippen LogP contribution in [-0.4, -0.2) is 34.4 Å². The van der Waals surface area contributed by atoms with E-state index >= 15 is 0 Å². The van der Waals surface area contributed by atoms with Gasteiger partial charge in [0.15, 0.2) is 0 Å². The predicted octanol–water partition coefficient (Wildman–Crippen LogP) is 3.37. The maximum absolute atomic E-state index is 13.7. The molecule has 0 aliphatic carbocycles. The fourth-order valence-electron chi connectivity index (χ4n) is 3.41. The summed E-state index contributed by atoms with van der Waals surface area (Å²) in [5.74, 6) is -1.16. The zero-order valence-electron chi connectivity index (χ0n) is 14.8. The van der Waals surface area contributed by atoms with E-state index in [0.29, 0.717) is 5.56 Å². The summed E-state index contributed by atoms with van der Waals surface area (Å²) in [6, 6.07) is 8.26. The Morgan fingerprint density at radius 3 is 2.75 bits per heavy atom.